The Labute approximate surface area is 191 Å². The largest absolute Gasteiger partial charge is 0.489 e. The molecule has 0 aliphatic heterocycles. The van der Waals surface area contributed by atoms with Gasteiger partial charge in [-0.05, 0) is 74.8 Å². The number of carbonyl (C=O) groups excluding carboxylic acids is 1. The molecule has 4 heteroatoms. The number of rotatable bonds is 6. The quantitative estimate of drug-likeness (QED) is 0.499. The summed E-state index contributed by atoms with van der Waals surface area (Å²) in [5.74, 6) is 1.33. The fraction of sp³-hybridized carbons (Fsp3) is 0.519. The highest BCUT2D eigenvalue weighted by Gasteiger charge is 2.23. The van der Waals surface area contributed by atoms with Crippen molar-refractivity contribution in [3.05, 3.63) is 58.1 Å². The van der Waals surface area contributed by atoms with E-state index in [4.69, 9.17) is 16.3 Å². The Morgan fingerprint density at radius 3 is 2.29 bits per heavy atom. The van der Waals surface area contributed by atoms with Gasteiger partial charge in [0.1, 0.15) is 5.75 Å². The molecule has 0 bridgehead atoms. The number of amides is 1. The van der Waals surface area contributed by atoms with E-state index in [1.807, 2.05) is 37.3 Å². The molecule has 2 fully saturated rings. The van der Waals surface area contributed by atoms with Crippen molar-refractivity contribution in [2.24, 2.45) is 5.92 Å². The highest BCUT2D eigenvalue weighted by molar-refractivity contribution is 6.32. The standard InChI is InChI=1S/C27H34ClNO2/c1-19-12-14-23(15-13-19)29-27(30)22-17-21(16-20-8-4-2-5-9-20)26(25(28)18-22)31-24-10-6-3-7-11-24/h12-15,17-18,20,24H,2-11,16H2,1H3,(H,29,30). The molecule has 0 saturated heterocycles. The third-order valence-corrected chi connectivity index (χ3v) is 7.04. The Hall–Kier alpha value is -2.00. The molecule has 0 aromatic heterocycles. The molecule has 1 amide bonds. The third-order valence-electron chi connectivity index (χ3n) is 6.76. The second kappa shape index (κ2) is 10.5. The van der Waals surface area contributed by atoms with Crippen LogP contribution in [0.5, 0.6) is 5.75 Å². The van der Waals surface area contributed by atoms with Crippen LogP contribution in [-0.4, -0.2) is 12.0 Å². The van der Waals surface area contributed by atoms with E-state index in [1.165, 1.54) is 56.9 Å². The van der Waals surface area contributed by atoms with Crippen molar-refractivity contribution >= 4 is 23.2 Å². The van der Waals surface area contributed by atoms with Crippen LogP contribution in [0.4, 0.5) is 5.69 Å². The van der Waals surface area contributed by atoms with Crippen LogP contribution in [0.25, 0.3) is 0 Å². The van der Waals surface area contributed by atoms with Crippen LogP contribution >= 0.6 is 11.6 Å². The molecule has 31 heavy (non-hydrogen) atoms. The second-order valence-corrected chi connectivity index (χ2v) is 9.76. The van der Waals surface area contributed by atoms with E-state index < -0.39 is 0 Å². The lowest BCUT2D eigenvalue weighted by molar-refractivity contribution is 0.102. The lowest BCUT2D eigenvalue weighted by Crippen LogP contribution is -2.21. The van der Waals surface area contributed by atoms with Crippen molar-refractivity contribution in [3.8, 4) is 5.75 Å². The number of carbonyl (C=O) groups is 1. The van der Waals surface area contributed by atoms with Crippen LogP contribution in [0.15, 0.2) is 36.4 Å². The topological polar surface area (TPSA) is 38.3 Å². The zero-order chi connectivity index (χ0) is 21.6. The molecule has 1 N–H and O–H groups in total. The van der Waals surface area contributed by atoms with Gasteiger partial charge in [0.15, 0.2) is 0 Å². The van der Waals surface area contributed by atoms with Crippen LogP contribution in [0, 0.1) is 12.8 Å². The average molecular weight is 440 g/mol. The molecule has 0 heterocycles. The maximum Gasteiger partial charge on any atom is 0.255 e. The van der Waals surface area contributed by atoms with Gasteiger partial charge in [0.05, 0.1) is 11.1 Å². The van der Waals surface area contributed by atoms with Crippen molar-refractivity contribution in [1.29, 1.82) is 0 Å². The summed E-state index contributed by atoms with van der Waals surface area (Å²) in [6.45, 7) is 2.04. The molecule has 0 radical (unpaired) electrons. The monoisotopic (exact) mass is 439 g/mol. The lowest BCUT2D eigenvalue weighted by Gasteiger charge is -2.27. The first-order chi connectivity index (χ1) is 15.1. The Balaban J connectivity index is 1.58. The first kappa shape index (κ1) is 22.2. The van der Waals surface area contributed by atoms with Gasteiger partial charge in [-0.1, -0.05) is 67.8 Å². The summed E-state index contributed by atoms with van der Waals surface area (Å²) in [6, 6.07) is 11.6. The first-order valence-electron chi connectivity index (χ1n) is 12.0. The number of nitrogens with one attached hydrogen (secondary N) is 1. The predicted molar refractivity (Wildman–Crippen MR) is 128 cm³/mol. The summed E-state index contributed by atoms with van der Waals surface area (Å²) in [5.41, 5.74) is 3.66. The maximum atomic E-state index is 13.0. The van der Waals surface area contributed by atoms with Gasteiger partial charge >= 0.3 is 0 Å². The molecule has 4 rings (SSSR count). The molecule has 0 unspecified atom stereocenters. The average Bonchev–Trinajstić information content (AvgIpc) is 2.79. The van der Waals surface area contributed by atoms with Gasteiger partial charge < -0.3 is 10.1 Å². The van der Waals surface area contributed by atoms with E-state index in [1.54, 1.807) is 6.07 Å². The minimum absolute atomic E-state index is 0.125. The van der Waals surface area contributed by atoms with E-state index in [-0.39, 0.29) is 12.0 Å². The molecule has 3 nitrogen and oxygen atoms in total. The SMILES string of the molecule is Cc1ccc(NC(=O)c2cc(Cl)c(OC3CCCCC3)c(CC3CCCCC3)c2)cc1. The number of aryl methyl sites for hydroxylation is 1. The van der Waals surface area contributed by atoms with Gasteiger partial charge in [0, 0.05) is 11.3 Å². The minimum atomic E-state index is -0.125. The molecule has 0 atom stereocenters. The van der Waals surface area contributed by atoms with Gasteiger partial charge in [-0.25, -0.2) is 0 Å². The van der Waals surface area contributed by atoms with Crippen LogP contribution in [0.2, 0.25) is 5.02 Å². The van der Waals surface area contributed by atoms with Gasteiger partial charge in [0.25, 0.3) is 5.91 Å². The number of ether oxygens (including phenoxy) is 1. The molecule has 2 saturated carbocycles. The molecular formula is C27H34ClNO2. The Morgan fingerprint density at radius 1 is 0.968 bits per heavy atom. The Bertz CT molecular complexity index is 881. The van der Waals surface area contributed by atoms with Crippen molar-refractivity contribution in [1.82, 2.24) is 0 Å². The highest BCUT2D eigenvalue weighted by atomic mass is 35.5. The number of hydrogen-bond donors (Lipinski definition) is 1. The summed E-state index contributed by atoms with van der Waals surface area (Å²) >= 11 is 6.73. The third kappa shape index (κ3) is 6.04. The summed E-state index contributed by atoms with van der Waals surface area (Å²) < 4.78 is 6.46. The molecule has 0 spiro atoms. The Kier molecular flexibility index (Phi) is 7.55. The molecular weight excluding hydrogens is 406 g/mol. The number of hydrogen-bond acceptors (Lipinski definition) is 2. The molecule has 2 aromatic rings. The number of halogens is 1. The van der Waals surface area contributed by atoms with Crippen LogP contribution in [0.3, 0.4) is 0 Å². The lowest BCUT2D eigenvalue weighted by atomic mass is 9.84. The summed E-state index contributed by atoms with van der Waals surface area (Å²) in [7, 11) is 0. The van der Waals surface area contributed by atoms with Gasteiger partial charge in [-0.2, -0.15) is 0 Å². The fourth-order valence-electron chi connectivity index (χ4n) is 4.96. The van der Waals surface area contributed by atoms with Crippen LogP contribution < -0.4 is 10.1 Å². The molecule has 2 aliphatic rings. The summed E-state index contributed by atoms with van der Waals surface area (Å²) in [6.07, 6.45) is 13.5. The van der Waals surface area contributed by atoms with Crippen molar-refractivity contribution in [3.63, 3.8) is 0 Å². The fourth-order valence-corrected chi connectivity index (χ4v) is 5.24. The molecule has 2 aliphatic carbocycles. The van der Waals surface area contributed by atoms with Crippen LogP contribution in [0.1, 0.15) is 85.7 Å². The second-order valence-electron chi connectivity index (χ2n) is 9.35. The predicted octanol–water partition coefficient (Wildman–Crippen LogP) is 7.74. The summed E-state index contributed by atoms with van der Waals surface area (Å²) in [4.78, 5) is 13.0. The van der Waals surface area contributed by atoms with E-state index in [0.717, 1.165) is 36.3 Å². The zero-order valence-corrected chi connectivity index (χ0v) is 19.3. The zero-order valence-electron chi connectivity index (χ0n) is 18.6. The van der Waals surface area contributed by atoms with Crippen LogP contribution in [-0.2, 0) is 6.42 Å². The number of anilines is 1. The van der Waals surface area contributed by atoms with E-state index in [9.17, 15) is 4.79 Å². The maximum absolute atomic E-state index is 13.0. The molecule has 2 aromatic carbocycles. The molecule has 166 valence electrons. The normalized spacial score (nSPS) is 18.0. The summed E-state index contributed by atoms with van der Waals surface area (Å²) in [5, 5.41) is 3.57. The van der Waals surface area contributed by atoms with Crippen molar-refractivity contribution in [2.75, 3.05) is 5.32 Å². The van der Waals surface area contributed by atoms with E-state index in [2.05, 4.69) is 5.32 Å². The highest BCUT2D eigenvalue weighted by Crippen LogP contribution is 2.37. The van der Waals surface area contributed by atoms with E-state index in [0.29, 0.717) is 16.5 Å². The Morgan fingerprint density at radius 2 is 1.61 bits per heavy atom. The minimum Gasteiger partial charge on any atom is -0.489 e. The number of benzene rings is 2. The van der Waals surface area contributed by atoms with Gasteiger partial charge in [-0.15, -0.1) is 0 Å². The van der Waals surface area contributed by atoms with Crippen molar-refractivity contribution < 1.29 is 9.53 Å². The van der Waals surface area contributed by atoms with Crippen molar-refractivity contribution in [2.45, 2.75) is 83.7 Å². The first-order valence-corrected chi connectivity index (χ1v) is 12.3. The van der Waals surface area contributed by atoms with Gasteiger partial charge in [0.2, 0.25) is 0 Å². The van der Waals surface area contributed by atoms with Gasteiger partial charge in [-0.3, -0.25) is 4.79 Å². The smallest absolute Gasteiger partial charge is 0.255 e. The van der Waals surface area contributed by atoms with E-state index >= 15 is 0 Å².